The number of nitrogens with two attached hydrogens (primary N) is 1. The van der Waals surface area contributed by atoms with Crippen LogP contribution in [-0.2, 0) is 9.73 Å². The summed E-state index contributed by atoms with van der Waals surface area (Å²) >= 11 is 0. The largest absolute Gasteiger partial charge is 0.399 e. The van der Waals surface area contributed by atoms with Crippen LogP contribution >= 0.6 is 0 Å². The lowest BCUT2D eigenvalue weighted by Crippen LogP contribution is -2.04. The highest BCUT2D eigenvalue weighted by molar-refractivity contribution is 7.93. The number of hydrogen-bond acceptors (Lipinski definition) is 3. The van der Waals surface area contributed by atoms with Crippen LogP contribution in [0.2, 0.25) is 0 Å². The quantitative estimate of drug-likeness (QED) is 0.709. The zero-order valence-corrected chi connectivity index (χ0v) is 8.01. The lowest BCUT2D eigenvalue weighted by Gasteiger charge is -2.05. The highest BCUT2D eigenvalue weighted by Crippen LogP contribution is 2.34. The van der Waals surface area contributed by atoms with Gasteiger partial charge in [0, 0.05) is 15.8 Å². The summed E-state index contributed by atoms with van der Waals surface area (Å²) in [5.74, 6) is 0. The van der Waals surface area contributed by atoms with Gasteiger partial charge in [-0.1, -0.05) is 0 Å². The molecular weight excluding hydrogens is 184 g/mol. The first-order valence-corrected chi connectivity index (χ1v) is 5.86. The van der Waals surface area contributed by atoms with E-state index in [9.17, 15) is 4.21 Å². The molecule has 1 aliphatic rings. The van der Waals surface area contributed by atoms with Crippen molar-refractivity contribution >= 4 is 15.4 Å². The lowest BCUT2D eigenvalue weighted by molar-refractivity contribution is 0.674. The van der Waals surface area contributed by atoms with Gasteiger partial charge in [-0.3, -0.25) is 0 Å². The highest BCUT2D eigenvalue weighted by atomic mass is 32.2. The smallest absolute Gasteiger partial charge is 0.0755 e. The van der Waals surface area contributed by atoms with Crippen molar-refractivity contribution in [1.29, 1.82) is 4.78 Å². The van der Waals surface area contributed by atoms with Crippen LogP contribution in [0.5, 0.6) is 0 Å². The minimum Gasteiger partial charge on any atom is -0.399 e. The van der Waals surface area contributed by atoms with Crippen LogP contribution in [0.4, 0.5) is 5.69 Å². The molecule has 4 heteroatoms. The molecule has 0 saturated heterocycles. The van der Waals surface area contributed by atoms with Gasteiger partial charge in [0.25, 0.3) is 0 Å². The molecule has 1 atom stereocenters. The number of hydrogen-bond donors (Lipinski definition) is 2. The van der Waals surface area contributed by atoms with Crippen molar-refractivity contribution in [3.05, 3.63) is 24.3 Å². The van der Waals surface area contributed by atoms with Crippen molar-refractivity contribution in [1.82, 2.24) is 0 Å². The summed E-state index contributed by atoms with van der Waals surface area (Å²) in [6.07, 6.45) is 1.85. The Morgan fingerprint density at radius 2 is 1.85 bits per heavy atom. The van der Waals surface area contributed by atoms with E-state index in [4.69, 9.17) is 10.5 Å². The third-order valence-corrected chi connectivity index (χ3v) is 4.61. The maximum Gasteiger partial charge on any atom is 0.0755 e. The van der Waals surface area contributed by atoms with Crippen LogP contribution in [0.25, 0.3) is 0 Å². The van der Waals surface area contributed by atoms with E-state index in [0.717, 1.165) is 12.8 Å². The normalized spacial score (nSPS) is 20.9. The first kappa shape index (κ1) is 8.56. The Hall–Kier alpha value is -1.03. The van der Waals surface area contributed by atoms with Gasteiger partial charge in [0.1, 0.15) is 0 Å². The Bertz CT molecular complexity index is 404. The van der Waals surface area contributed by atoms with Crippen molar-refractivity contribution in [3.63, 3.8) is 0 Å². The Kier molecular flexibility index (Phi) is 1.80. The van der Waals surface area contributed by atoms with E-state index < -0.39 is 9.73 Å². The van der Waals surface area contributed by atoms with Crippen LogP contribution in [-0.4, -0.2) is 9.46 Å². The predicted molar refractivity (Wildman–Crippen MR) is 53.0 cm³/mol. The standard InChI is InChI=1S/C9H12N2OS/c10-7-1-3-8(4-2-7)13(11,12)9-5-6-9/h1-4,9,11H,5-6,10H2/t13-/m1/s1. The highest BCUT2D eigenvalue weighted by Gasteiger charge is 2.33. The molecule has 0 aromatic heterocycles. The molecule has 0 aliphatic heterocycles. The van der Waals surface area contributed by atoms with Gasteiger partial charge in [0.05, 0.1) is 9.73 Å². The van der Waals surface area contributed by atoms with Crippen molar-refractivity contribution in [2.75, 3.05) is 5.73 Å². The fraction of sp³-hybridized carbons (Fsp3) is 0.333. The fourth-order valence-electron chi connectivity index (χ4n) is 1.26. The summed E-state index contributed by atoms with van der Waals surface area (Å²) in [4.78, 5) is 0.615. The first-order chi connectivity index (χ1) is 6.10. The molecule has 1 saturated carbocycles. The first-order valence-electron chi connectivity index (χ1n) is 4.24. The van der Waals surface area contributed by atoms with Gasteiger partial charge in [-0.15, -0.1) is 0 Å². The van der Waals surface area contributed by atoms with E-state index in [0.29, 0.717) is 10.6 Å². The monoisotopic (exact) mass is 196 g/mol. The molecular formula is C9H12N2OS. The molecule has 1 aliphatic carbocycles. The van der Waals surface area contributed by atoms with E-state index >= 15 is 0 Å². The van der Waals surface area contributed by atoms with E-state index in [1.54, 1.807) is 24.3 Å². The van der Waals surface area contributed by atoms with Gasteiger partial charge < -0.3 is 5.73 Å². The van der Waals surface area contributed by atoms with E-state index in [1.807, 2.05) is 0 Å². The predicted octanol–water partition coefficient (Wildman–Crippen LogP) is 1.84. The maximum atomic E-state index is 11.9. The topological polar surface area (TPSA) is 66.9 Å². The third-order valence-electron chi connectivity index (χ3n) is 2.22. The zero-order chi connectivity index (χ0) is 9.47. The van der Waals surface area contributed by atoms with Crippen molar-refractivity contribution in [2.45, 2.75) is 23.0 Å². The van der Waals surface area contributed by atoms with Gasteiger partial charge >= 0.3 is 0 Å². The minimum atomic E-state index is -2.54. The molecule has 3 nitrogen and oxygen atoms in total. The second kappa shape index (κ2) is 2.73. The third kappa shape index (κ3) is 1.54. The average molecular weight is 196 g/mol. The van der Waals surface area contributed by atoms with Crippen LogP contribution in [0.3, 0.4) is 0 Å². The van der Waals surface area contributed by atoms with Crippen molar-refractivity contribution in [3.8, 4) is 0 Å². The summed E-state index contributed by atoms with van der Waals surface area (Å²) in [5, 5.41) is 0.0797. The van der Waals surface area contributed by atoms with E-state index in [2.05, 4.69) is 0 Å². The average Bonchev–Trinajstić information content (AvgIpc) is 2.87. The van der Waals surface area contributed by atoms with E-state index in [-0.39, 0.29) is 5.25 Å². The van der Waals surface area contributed by atoms with Crippen molar-refractivity contribution in [2.24, 2.45) is 0 Å². The summed E-state index contributed by atoms with van der Waals surface area (Å²) in [5.41, 5.74) is 6.16. The zero-order valence-electron chi connectivity index (χ0n) is 7.19. The molecule has 1 fully saturated rings. The van der Waals surface area contributed by atoms with Crippen LogP contribution < -0.4 is 5.73 Å². The number of benzene rings is 1. The van der Waals surface area contributed by atoms with E-state index in [1.165, 1.54) is 0 Å². The Labute approximate surface area is 77.9 Å². The SMILES string of the molecule is N=[S@@](=O)(c1ccc(N)cc1)C1CC1. The molecule has 0 amide bonds. The fourth-order valence-corrected chi connectivity index (χ4v) is 2.99. The van der Waals surface area contributed by atoms with Crippen LogP contribution in [0, 0.1) is 4.78 Å². The Morgan fingerprint density at radius 1 is 1.31 bits per heavy atom. The Morgan fingerprint density at radius 3 is 2.31 bits per heavy atom. The molecule has 0 spiro atoms. The second-order valence-corrected chi connectivity index (χ2v) is 5.71. The minimum absolute atomic E-state index is 0.0797. The van der Waals surface area contributed by atoms with Crippen LogP contribution in [0.15, 0.2) is 29.2 Å². The molecule has 1 aromatic carbocycles. The summed E-state index contributed by atoms with van der Waals surface area (Å²) < 4.78 is 19.6. The van der Waals surface area contributed by atoms with Gasteiger partial charge in [-0.2, -0.15) is 0 Å². The second-order valence-electron chi connectivity index (χ2n) is 3.37. The molecule has 3 N–H and O–H groups in total. The molecule has 2 rings (SSSR count). The molecule has 13 heavy (non-hydrogen) atoms. The Balaban J connectivity index is 2.40. The molecule has 1 aromatic rings. The van der Waals surface area contributed by atoms with Gasteiger partial charge in [0.2, 0.25) is 0 Å². The summed E-state index contributed by atoms with van der Waals surface area (Å²) in [6, 6.07) is 6.80. The van der Waals surface area contributed by atoms with Crippen LogP contribution in [0.1, 0.15) is 12.8 Å². The molecule has 70 valence electrons. The molecule has 0 bridgehead atoms. The number of nitrogen functional groups attached to an aromatic ring is 1. The molecule has 0 heterocycles. The summed E-state index contributed by atoms with van der Waals surface area (Å²) in [6.45, 7) is 0. The lowest BCUT2D eigenvalue weighted by atomic mass is 10.3. The maximum absolute atomic E-state index is 11.9. The van der Waals surface area contributed by atoms with Gasteiger partial charge in [0.15, 0.2) is 0 Å². The molecule has 0 unspecified atom stereocenters. The van der Waals surface area contributed by atoms with Gasteiger partial charge in [-0.05, 0) is 37.1 Å². The number of nitrogens with one attached hydrogen (secondary N) is 1. The van der Waals surface area contributed by atoms with Gasteiger partial charge in [-0.25, -0.2) is 8.99 Å². The number of anilines is 1. The van der Waals surface area contributed by atoms with Crippen molar-refractivity contribution < 1.29 is 4.21 Å². The number of rotatable bonds is 2. The molecule has 0 radical (unpaired) electrons. The summed E-state index contributed by atoms with van der Waals surface area (Å²) in [7, 11) is -2.54.